The molecule has 1 unspecified atom stereocenters. The monoisotopic (exact) mass is 316 g/mol. The Bertz CT molecular complexity index is 408. The summed E-state index contributed by atoms with van der Waals surface area (Å²) in [6, 6.07) is 8.39. The third-order valence-corrected chi connectivity index (χ3v) is 3.82. The second-order valence-electron chi connectivity index (χ2n) is 4.55. The van der Waals surface area contributed by atoms with E-state index in [9.17, 15) is 4.79 Å². The quantitative estimate of drug-likeness (QED) is 0.814. The molecule has 1 amide bonds. The summed E-state index contributed by atoms with van der Waals surface area (Å²) in [5.74, 6) is 0.0666. The first-order valence-corrected chi connectivity index (χ1v) is 7.71. The van der Waals surface area contributed by atoms with Gasteiger partial charge in [0, 0.05) is 30.4 Å². The highest BCUT2D eigenvalue weighted by atomic mass is 35.5. The molecule has 1 aromatic rings. The SMILES string of the molecule is CSc1ccc(CNC(=O)CC2COCCN2)cc1.Cl. The molecule has 1 heterocycles. The van der Waals surface area contributed by atoms with E-state index in [0.29, 0.717) is 19.6 Å². The summed E-state index contributed by atoms with van der Waals surface area (Å²) in [6.07, 6.45) is 2.53. The molecule has 2 N–H and O–H groups in total. The zero-order valence-electron chi connectivity index (χ0n) is 11.6. The molecule has 2 rings (SSSR count). The summed E-state index contributed by atoms with van der Waals surface area (Å²) in [7, 11) is 0. The van der Waals surface area contributed by atoms with E-state index in [4.69, 9.17) is 4.74 Å². The van der Waals surface area contributed by atoms with Crippen molar-refractivity contribution in [2.75, 3.05) is 26.0 Å². The molecule has 0 spiro atoms. The Morgan fingerprint density at radius 2 is 2.20 bits per heavy atom. The third-order valence-electron chi connectivity index (χ3n) is 3.08. The lowest BCUT2D eigenvalue weighted by Gasteiger charge is -2.23. The third kappa shape index (κ3) is 5.71. The molecule has 112 valence electrons. The number of nitrogens with one attached hydrogen (secondary N) is 2. The molecular formula is C14H21ClN2O2S. The van der Waals surface area contributed by atoms with Crippen molar-refractivity contribution < 1.29 is 9.53 Å². The van der Waals surface area contributed by atoms with Crippen LogP contribution in [0, 0.1) is 0 Å². The summed E-state index contributed by atoms with van der Waals surface area (Å²) >= 11 is 1.72. The van der Waals surface area contributed by atoms with Gasteiger partial charge in [-0.15, -0.1) is 24.2 Å². The minimum atomic E-state index is 0. The van der Waals surface area contributed by atoms with Gasteiger partial charge in [0.1, 0.15) is 0 Å². The van der Waals surface area contributed by atoms with E-state index in [1.54, 1.807) is 11.8 Å². The number of amides is 1. The van der Waals surface area contributed by atoms with Crippen molar-refractivity contribution in [2.45, 2.75) is 23.9 Å². The lowest BCUT2D eigenvalue weighted by Crippen LogP contribution is -2.44. The second kappa shape index (κ2) is 9.23. The fourth-order valence-electron chi connectivity index (χ4n) is 1.99. The molecule has 1 aromatic carbocycles. The molecule has 1 saturated heterocycles. The maximum absolute atomic E-state index is 11.8. The van der Waals surface area contributed by atoms with Gasteiger partial charge in [-0.2, -0.15) is 0 Å². The molecule has 0 saturated carbocycles. The molecule has 1 aliphatic heterocycles. The van der Waals surface area contributed by atoms with E-state index in [2.05, 4.69) is 29.0 Å². The molecule has 0 bridgehead atoms. The van der Waals surface area contributed by atoms with Crippen molar-refractivity contribution in [3.8, 4) is 0 Å². The number of rotatable bonds is 5. The molecule has 1 atom stereocenters. The molecule has 6 heteroatoms. The first-order chi connectivity index (χ1) is 9.28. The highest BCUT2D eigenvalue weighted by Gasteiger charge is 2.16. The van der Waals surface area contributed by atoms with E-state index in [1.165, 1.54) is 4.90 Å². The van der Waals surface area contributed by atoms with Crippen LogP contribution in [0.1, 0.15) is 12.0 Å². The number of ether oxygens (including phenoxy) is 1. The first-order valence-electron chi connectivity index (χ1n) is 6.48. The van der Waals surface area contributed by atoms with Crippen LogP contribution in [0.15, 0.2) is 29.2 Å². The number of carbonyl (C=O) groups excluding carboxylic acids is 1. The van der Waals surface area contributed by atoms with E-state index in [1.807, 2.05) is 12.1 Å². The molecule has 4 nitrogen and oxygen atoms in total. The van der Waals surface area contributed by atoms with Gasteiger partial charge in [-0.25, -0.2) is 0 Å². The molecule has 0 aliphatic carbocycles. The molecule has 0 radical (unpaired) electrons. The van der Waals surface area contributed by atoms with Gasteiger partial charge < -0.3 is 15.4 Å². The summed E-state index contributed by atoms with van der Waals surface area (Å²) in [5.41, 5.74) is 1.12. The Hall–Kier alpha value is -0.750. The minimum absolute atomic E-state index is 0. The highest BCUT2D eigenvalue weighted by molar-refractivity contribution is 7.98. The predicted molar refractivity (Wildman–Crippen MR) is 84.5 cm³/mol. The van der Waals surface area contributed by atoms with Crippen LogP contribution in [0.4, 0.5) is 0 Å². The summed E-state index contributed by atoms with van der Waals surface area (Å²) in [5, 5.41) is 6.22. The number of morpholine rings is 1. The van der Waals surface area contributed by atoms with Crippen LogP contribution < -0.4 is 10.6 Å². The van der Waals surface area contributed by atoms with Crippen LogP contribution >= 0.6 is 24.2 Å². The number of hydrogen-bond donors (Lipinski definition) is 2. The fraction of sp³-hybridized carbons (Fsp3) is 0.500. The van der Waals surface area contributed by atoms with Gasteiger partial charge in [-0.1, -0.05) is 12.1 Å². The number of carbonyl (C=O) groups is 1. The van der Waals surface area contributed by atoms with Gasteiger partial charge in [-0.3, -0.25) is 4.79 Å². The number of halogens is 1. The number of thioether (sulfide) groups is 1. The van der Waals surface area contributed by atoms with Crippen molar-refractivity contribution in [3.63, 3.8) is 0 Å². The van der Waals surface area contributed by atoms with Crippen LogP contribution in [0.2, 0.25) is 0 Å². The molecule has 1 aliphatic rings. The molecule has 20 heavy (non-hydrogen) atoms. The van der Waals surface area contributed by atoms with Crippen molar-refractivity contribution >= 4 is 30.1 Å². The van der Waals surface area contributed by atoms with E-state index < -0.39 is 0 Å². The normalized spacial score (nSPS) is 18.1. The number of hydrogen-bond acceptors (Lipinski definition) is 4. The predicted octanol–water partition coefficient (Wildman–Crippen LogP) is 1.82. The van der Waals surface area contributed by atoms with Crippen molar-refractivity contribution in [2.24, 2.45) is 0 Å². The summed E-state index contributed by atoms with van der Waals surface area (Å²) in [4.78, 5) is 13.0. The second-order valence-corrected chi connectivity index (χ2v) is 5.43. The number of benzene rings is 1. The fourth-order valence-corrected chi connectivity index (χ4v) is 2.40. The van der Waals surface area contributed by atoms with E-state index >= 15 is 0 Å². The first kappa shape index (κ1) is 17.3. The highest BCUT2D eigenvalue weighted by Crippen LogP contribution is 2.14. The molecule has 0 aromatic heterocycles. The topological polar surface area (TPSA) is 50.4 Å². The van der Waals surface area contributed by atoms with Gasteiger partial charge in [0.15, 0.2) is 0 Å². The standard InChI is InChI=1S/C14H20N2O2S.ClH/c1-19-13-4-2-11(3-5-13)9-16-14(17)8-12-10-18-7-6-15-12;/h2-5,12,15H,6-10H2,1H3,(H,16,17);1H. The minimum Gasteiger partial charge on any atom is -0.378 e. The van der Waals surface area contributed by atoms with Crippen LogP contribution in [-0.2, 0) is 16.1 Å². The van der Waals surface area contributed by atoms with Gasteiger partial charge in [-0.05, 0) is 24.0 Å². The van der Waals surface area contributed by atoms with Gasteiger partial charge in [0.05, 0.1) is 13.2 Å². The lowest BCUT2D eigenvalue weighted by molar-refractivity contribution is -0.122. The Labute approximate surface area is 130 Å². The lowest BCUT2D eigenvalue weighted by atomic mass is 10.2. The van der Waals surface area contributed by atoms with E-state index in [0.717, 1.165) is 18.7 Å². The van der Waals surface area contributed by atoms with Crippen LogP contribution in [0.5, 0.6) is 0 Å². The summed E-state index contributed by atoms with van der Waals surface area (Å²) < 4.78 is 5.33. The Kier molecular flexibility index (Phi) is 7.99. The van der Waals surface area contributed by atoms with Crippen molar-refractivity contribution in [3.05, 3.63) is 29.8 Å². The molecule has 1 fully saturated rings. The van der Waals surface area contributed by atoms with Gasteiger partial charge in [0.2, 0.25) is 5.91 Å². The Morgan fingerprint density at radius 1 is 1.45 bits per heavy atom. The van der Waals surface area contributed by atoms with E-state index in [-0.39, 0.29) is 24.4 Å². The largest absolute Gasteiger partial charge is 0.378 e. The maximum Gasteiger partial charge on any atom is 0.221 e. The zero-order chi connectivity index (χ0) is 13.5. The van der Waals surface area contributed by atoms with Crippen LogP contribution in [0.25, 0.3) is 0 Å². The smallest absolute Gasteiger partial charge is 0.221 e. The zero-order valence-corrected chi connectivity index (χ0v) is 13.2. The average molecular weight is 317 g/mol. The van der Waals surface area contributed by atoms with Gasteiger partial charge >= 0.3 is 0 Å². The van der Waals surface area contributed by atoms with Crippen LogP contribution in [-0.4, -0.2) is 38.0 Å². The van der Waals surface area contributed by atoms with Crippen molar-refractivity contribution in [1.82, 2.24) is 10.6 Å². The van der Waals surface area contributed by atoms with Gasteiger partial charge in [0.25, 0.3) is 0 Å². The molecular weight excluding hydrogens is 296 g/mol. The Balaban J connectivity index is 0.00000200. The maximum atomic E-state index is 11.8. The van der Waals surface area contributed by atoms with Crippen molar-refractivity contribution in [1.29, 1.82) is 0 Å². The average Bonchev–Trinajstić information content (AvgIpc) is 2.47. The summed E-state index contributed by atoms with van der Waals surface area (Å²) in [6.45, 7) is 2.77. The Morgan fingerprint density at radius 3 is 2.80 bits per heavy atom. The van der Waals surface area contributed by atoms with Crippen LogP contribution in [0.3, 0.4) is 0 Å².